The maximum Gasteiger partial charge on any atom is 0.263 e. The summed E-state index contributed by atoms with van der Waals surface area (Å²) in [5.41, 5.74) is 1.20. The number of methoxy groups -OCH3 is 1. The summed E-state index contributed by atoms with van der Waals surface area (Å²) in [7, 11) is 1.58. The van der Waals surface area contributed by atoms with Gasteiger partial charge in [0.2, 0.25) is 0 Å². The average molecular weight is 433 g/mol. The van der Waals surface area contributed by atoms with Gasteiger partial charge in [-0.2, -0.15) is 5.11 Å². The zero-order chi connectivity index (χ0) is 19.1. The molecule has 4 rings (SSSR count). The van der Waals surface area contributed by atoms with E-state index < -0.39 is 29.7 Å². The van der Waals surface area contributed by atoms with E-state index >= 15 is 0 Å². The summed E-state index contributed by atoms with van der Waals surface area (Å²) in [6, 6.07) is 9.04. The average Bonchev–Trinajstić information content (AvgIpc) is 3.17. The fraction of sp³-hybridized carbons (Fsp3) is 0.222. The lowest BCUT2D eigenvalue weighted by molar-refractivity contribution is -0.123. The van der Waals surface area contributed by atoms with Gasteiger partial charge in [0.05, 0.1) is 23.8 Å². The van der Waals surface area contributed by atoms with Crippen LogP contribution in [0.25, 0.3) is 0 Å². The minimum Gasteiger partial charge on any atom is -0.496 e. The van der Waals surface area contributed by atoms with Gasteiger partial charge in [-0.25, -0.2) is 9.29 Å². The normalized spacial score (nSPS) is 21.1. The van der Waals surface area contributed by atoms with Gasteiger partial charge in [0.15, 0.2) is 12.1 Å². The van der Waals surface area contributed by atoms with Crippen molar-refractivity contribution in [2.45, 2.75) is 18.6 Å². The van der Waals surface area contributed by atoms with Crippen LogP contribution in [0, 0.1) is 5.82 Å². The molecule has 0 spiro atoms. The van der Waals surface area contributed by atoms with E-state index in [4.69, 9.17) is 4.74 Å². The first-order valence-corrected chi connectivity index (χ1v) is 8.92. The van der Waals surface area contributed by atoms with Crippen LogP contribution < -0.4 is 9.64 Å². The zero-order valence-corrected chi connectivity index (χ0v) is 15.8. The van der Waals surface area contributed by atoms with Crippen molar-refractivity contribution >= 4 is 33.4 Å². The third-order valence-corrected chi connectivity index (χ3v) is 5.12. The van der Waals surface area contributed by atoms with Crippen molar-refractivity contribution in [2.75, 3.05) is 12.0 Å². The van der Waals surface area contributed by atoms with Crippen molar-refractivity contribution in [2.24, 2.45) is 10.3 Å². The molecule has 2 aliphatic rings. The number of carbonyl (C=O) groups excluding carboxylic acids is 2. The highest BCUT2D eigenvalue weighted by Gasteiger charge is 2.54. The summed E-state index contributed by atoms with van der Waals surface area (Å²) in [5, 5.41) is 9.50. The van der Waals surface area contributed by atoms with Crippen LogP contribution in [0.2, 0.25) is 0 Å². The molecule has 138 valence electrons. The molecule has 0 unspecified atom stereocenters. The number of rotatable bonds is 4. The number of benzene rings is 2. The Bertz CT molecular complexity index is 950. The number of fused-ring (bicyclic) bond motifs is 1. The molecule has 2 aromatic rings. The van der Waals surface area contributed by atoms with Crippen LogP contribution in [0.5, 0.6) is 5.75 Å². The number of hydrogen-bond acceptors (Lipinski definition) is 6. The first-order valence-electron chi connectivity index (χ1n) is 8.13. The Kier molecular flexibility index (Phi) is 4.39. The van der Waals surface area contributed by atoms with E-state index in [2.05, 4.69) is 26.3 Å². The first-order chi connectivity index (χ1) is 13.0. The van der Waals surface area contributed by atoms with Gasteiger partial charge in [-0.1, -0.05) is 11.3 Å². The highest BCUT2D eigenvalue weighted by atomic mass is 79.9. The molecule has 9 heteroatoms. The predicted molar refractivity (Wildman–Crippen MR) is 97.6 cm³/mol. The zero-order valence-electron chi connectivity index (χ0n) is 14.2. The summed E-state index contributed by atoms with van der Waals surface area (Å²) in [5.74, 6) is -0.633. The summed E-state index contributed by atoms with van der Waals surface area (Å²) in [6.45, 7) is 0.309. The molecule has 2 amide bonds. The highest BCUT2D eigenvalue weighted by molar-refractivity contribution is 9.10. The van der Waals surface area contributed by atoms with Gasteiger partial charge in [-0.05, 0) is 57.9 Å². The van der Waals surface area contributed by atoms with E-state index in [0.29, 0.717) is 18.0 Å². The summed E-state index contributed by atoms with van der Waals surface area (Å²) in [4.78, 5) is 26.5. The quantitative estimate of drug-likeness (QED) is 0.695. The minimum atomic E-state index is -0.885. The maximum absolute atomic E-state index is 13.1. The van der Waals surface area contributed by atoms with E-state index in [-0.39, 0.29) is 0 Å². The number of amides is 2. The van der Waals surface area contributed by atoms with E-state index in [0.717, 1.165) is 14.9 Å². The molecule has 0 saturated carbocycles. The monoisotopic (exact) mass is 432 g/mol. The topological polar surface area (TPSA) is 74.6 Å². The van der Waals surface area contributed by atoms with Crippen LogP contribution in [0.1, 0.15) is 5.56 Å². The largest absolute Gasteiger partial charge is 0.496 e. The van der Waals surface area contributed by atoms with E-state index in [1.54, 1.807) is 13.2 Å². The molecule has 7 nitrogen and oxygen atoms in total. The van der Waals surface area contributed by atoms with Crippen molar-refractivity contribution in [3.63, 3.8) is 0 Å². The van der Waals surface area contributed by atoms with Crippen LogP contribution in [0.4, 0.5) is 10.1 Å². The molecule has 1 fully saturated rings. The molecule has 2 aliphatic heterocycles. The van der Waals surface area contributed by atoms with Gasteiger partial charge in [0.1, 0.15) is 11.6 Å². The van der Waals surface area contributed by atoms with Gasteiger partial charge in [0, 0.05) is 0 Å². The van der Waals surface area contributed by atoms with Gasteiger partial charge in [0.25, 0.3) is 11.8 Å². The molecule has 2 atom stereocenters. The molecule has 0 N–H and O–H groups in total. The Morgan fingerprint density at radius 3 is 2.56 bits per heavy atom. The Hall–Kier alpha value is -2.81. The summed E-state index contributed by atoms with van der Waals surface area (Å²) < 4.78 is 19.1. The minimum absolute atomic E-state index is 0.309. The number of ether oxygens (including phenoxy) is 1. The molecule has 2 heterocycles. The number of nitrogens with zero attached hydrogens (tertiary/aromatic N) is 4. The molecule has 0 aromatic heterocycles. The molecule has 2 aromatic carbocycles. The van der Waals surface area contributed by atoms with Crippen molar-refractivity contribution in [3.05, 3.63) is 58.3 Å². The number of anilines is 1. The van der Waals surface area contributed by atoms with E-state index in [1.165, 1.54) is 29.3 Å². The van der Waals surface area contributed by atoms with Crippen LogP contribution in [0.3, 0.4) is 0 Å². The lowest BCUT2D eigenvalue weighted by Gasteiger charge is -2.21. The Morgan fingerprint density at radius 2 is 1.89 bits per heavy atom. The van der Waals surface area contributed by atoms with Crippen molar-refractivity contribution in [3.8, 4) is 5.75 Å². The van der Waals surface area contributed by atoms with Crippen LogP contribution in [-0.4, -0.2) is 36.0 Å². The fourth-order valence-corrected chi connectivity index (χ4v) is 3.78. The van der Waals surface area contributed by atoms with Crippen molar-refractivity contribution in [1.82, 2.24) is 5.01 Å². The summed E-state index contributed by atoms with van der Waals surface area (Å²) >= 11 is 3.42. The Labute approximate surface area is 162 Å². The number of carbonyl (C=O) groups is 2. The molecular formula is C18H14BrFN4O3. The third-order valence-electron chi connectivity index (χ3n) is 4.50. The lowest BCUT2D eigenvalue weighted by atomic mass is 10.1. The third kappa shape index (κ3) is 2.97. The van der Waals surface area contributed by atoms with Gasteiger partial charge in [-0.15, -0.1) is 0 Å². The van der Waals surface area contributed by atoms with E-state index in [1.807, 2.05) is 12.1 Å². The second-order valence-corrected chi connectivity index (χ2v) is 7.00. The second-order valence-electron chi connectivity index (χ2n) is 6.15. The van der Waals surface area contributed by atoms with Gasteiger partial charge < -0.3 is 4.74 Å². The summed E-state index contributed by atoms with van der Waals surface area (Å²) in [6.07, 6.45) is 0. The first kappa shape index (κ1) is 17.6. The SMILES string of the molecule is COc1ccc(CN2N=N[C@@H]3C(=O)N(c4ccc(F)cc4)C(=O)[C@@H]32)cc1Br. The number of imide groups is 1. The van der Waals surface area contributed by atoms with Gasteiger partial charge >= 0.3 is 0 Å². The van der Waals surface area contributed by atoms with Crippen molar-refractivity contribution < 1.29 is 18.7 Å². The molecule has 1 saturated heterocycles. The van der Waals surface area contributed by atoms with Crippen LogP contribution >= 0.6 is 15.9 Å². The predicted octanol–water partition coefficient (Wildman–Crippen LogP) is 3.09. The number of hydrogen-bond donors (Lipinski definition) is 0. The van der Waals surface area contributed by atoms with Crippen LogP contribution in [-0.2, 0) is 16.1 Å². The van der Waals surface area contributed by atoms with E-state index in [9.17, 15) is 14.0 Å². The van der Waals surface area contributed by atoms with Crippen LogP contribution in [0.15, 0.2) is 57.3 Å². The molecule has 27 heavy (non-hydrogen) atoms. The lowest BCUT2D eigenvalue weighted by Crippen LogP contribution is -2.39. The Morgan fingerprint density at radius 1 is 1.15 bits per heavy atom. The molecule has 0 radical (unpaired) electrons. The molecular weight excluding hydrogens is 419 g/mol. The molecule has 0 aliphatic carbocycles. The number of halogens is 2. The standard InChI is InChI=1S/C18H14BrFN4O3/c1-27-14-7-2-10(8-13(14)19)9-23-16-15(21-22-23)17(25)24(18(16)26)12-5-3-11(20)4-6-12/h2-8,15-16H,9H2,1H3/t15-,16+/m0/s1. The molecule has 0 bridgehead atoms. The fourth-order valence-electron chi connectivity index (χ4n) is 3.19. The smallest absolute Gasteiger partial charge is 0.263 e. The van der Waals surface area contributed by atoms with Crippen molar-refractivity contribution in [1.29, 1.82) is 0 Å². The second kappa shape index (κ2) is 6.73. The highest BCUT2D eigenvalue weighted by Crippen LogP contribution is 2.33. The van der Waals surface area contributed by atoms with Gasteiger partial charge in [-0.3, -0.25) is 14.6 Å². The Balaban J connectivity index is 1.58. The maximum atomic E-state index is 13.1.